The van der Waals surface area contributed by atoms with E-state index >= 15 is 0 Å². The van der Waals surface area contributed by atoms with E-state index in [9.17, 15) is 29.4 Å². The monoisotopic (exact) mass is 484 g/mol. The summed E-state index contributed by atoms with van der Waals surface area (Å²) in [5.41, 5.74) is -1.63. The van der Waals surface area contributed by atoms with Gasteiger partial charge in [-0.15, -0.1) is 11.8 Å². The van der Waals surface area contributed by atoms with E-state index in [1.807, 2.05) is 30.3 Å². The van der Waals surface area contributed by atoms with Gasteiger partial charge in [0.15, 0.2) is 0 Å². The van der Waals surface area contributed by atoms with Crippen LogP contribution in [0.25, 0.3) is 0 Å². The normalized spacial score (nSPS) is 25.9. The molecule has 3 N–H and O–H groups in total. The summed E-state index contributed by atoms with van der Waals surface area (Å²) >= 11 is 1.47. The molecule has 0 bridgehead atoms. The maximum Gasteiger partial charge on any atom is 0.325 e. The van der Waals surface area contributed by atoms with Gasteiger partial charge in [-0.1, -0.05) is 36.4 Å². The summed E-state index contributed by atoms with van der Waals surface area (Å²) in [6, 6.07) is 15.4. The Bertz CT molecular complexity index is 1130. The van der Waals surface area contributed by atoms with E-state index in [1.54, 1.807) is 24.3 Å². The quantitative estimate of drug-likeness (QED) is 0.361. The summed E-state index contributed by atoms with van der Waals surface area (Å²) < 4.78 is 5.40. The van der Waals surface area contributed by atoms with Crippen LogP contribution in [-0.4, -0.2) is 63.8 Å². The van der Waals surface area contributed by atoms with E-state index in [0.717, 1.165) is 9.80 Å². The summed E-state index contributed by atoms with van der Waals surface area (Å²) in [5, 5.41) is 22.5. The number of amides is 2. The third-order valence-electron chi connectivity index (χ3n) is 6.36. The number of thioether (sulfide) groups is 1. The molecule has 0 aromatic heterocycles. The van der Waals surface area contributed by atoms with Crippen LogP contribution in [-0.2, 0) is 19.2 Å². The molecule has 4 atom stereocenters. The molecule has 178 valence electrons. The number of nitrogens with zero attached hydrogens (tertiary/aromatic N) is 1. The molecule has 2 saturated heterocycles. The number of nitrogens with one attached hydrogen (secondary N) is 1. The van der Waals surface area contributed by atoms with Gasteiger partial charge >= 0.3 is 11.9 Å². The van der Waals surface area contributed by atoms with Gasteiger partial charge in [-0.05, 0) is 18.2 Å². The average Bonchev–Trinajstić information content (AvgIpc) is 3.29. The van der Waals surface area contributed by atoms with Gasteiger partial charge in [-0.3, -0.25) is 29.4 Å². The Kier molecular flexibility index (Phi) is 6.63. The number of carbonyl (C=O) groups excluding carboxylic acids is 2. The first-order valence-corrected chi connectivity index (χ1v) is 11.7. The number of ether oxygens (including phenoxy) is 1. The molecule has 2 heterocycles. The Labute approximate surface area is 200 Å². The number of para-hydroxylation sites is 1. The molecule has 2 fully saturated rings. The molecule has 0 aliphatic carbocycles. The first-order valence-electron chi connectivity index (χ1n) is 10.7. The van der Waals surface area contributed by atoms with Crippen molar-refractivity contribution >= 4 is 35.5 Å². The van der Waals surface area contributed by atoms with Crippen LogP contribution < -0.4 is 10.1 Å². The number of rotatable bonds is 9. The van der Waals surface area contributed by atoms with E-state index < -0.39 is 53.6 Å². The van der Waals surface area contributed by atoms with Crippen LogP contribution in [0.3, 0.4) is 0 Å². The van der Waals surface area contributed by atoms with Crippen molar-refractivity contribution in [1.29, 1.82) is 0 Å². The molecular weight excluding hydrogens is 460 g/mol. The summed E-state index contributed by atoms with van der Waals surface area (Å²) in [7, 11) is 1.45. The maximum absolute atomic E-state index is 13.5. The van der Waals surface area contributed by atoms with Gasteiger partial charge in [0.2, 0.25) is 11.8 Å². The second-order valence-corrected chi connectivity index (χ2v) is 9.37. The highest BCUT2D eigenvalue weighted by Crippen LogP contribution is 2.51. The molecule has 4 unspecified atom stereocenters. The number of methoxy groups -OCH3 is 1. The van der Waals surface area contributed by atoms with Crippen molar-refractivity contribution in [3.63, 3.8) is 0 Å². The zero-order chi connectivity index (χ0) is 24.5. The first kappa shape index (κ1) is 23.8. The zero-order valence-corrected chi connectivity index (χ0v) is 19.2. The zero-order valence-electron chi connectivity index (χ0n) is 18.3. The smallest absolute Gasteiger partial charge is 0.325 e. The molecule has 2 amide bonds. The van der Waals surface area contributed by atoms with Crippen molar-refractivity contribution in [2.24, 2.45) is 11.8 Å². The molecule has 2 aliphatic rings. The highest BCUT2D eigenvalue weighted by Gasteiger charge is 2.69. The number of likely N-dealkylation sites (tertiary alicyclic amines) is 1. The fourth-order valence-corrected chi connectivity index (χ4v) is 5.78. The highest BCUT2D eigenvalue weighted by molar-refractivity contribution is 7.99. The van der Waals surface area contributed by atoms with E-state index in [-0.39, 0.29) is 6.54 Å². The largest absolute Gasteiger partial charge is 0.496 e. The minimum Gasteiger partial charge on any atom is -0.496 e. The van der Waals surface area contributed by atoms with E-state index in [2.05, 4.69) is 5.32 Å². The lowest BCUT2D eigenvalue weighted by Crippen LogP contribution is -2.57. The summed E-state index contributed by atoms with van der Waals surface area (Å²) in [4.78, 5) is 53.1. The fraction of sp³-hybridized carbons (Fsp3) is 0.333. The Morgan fingerprint density at radius 2 is 1.74 bits per heavy atom. The molecule has 0 spiro atoms. The van der Waals surface area contributed by atoms with E-state index in [0.29, 0.717) is 17.1 Å². The Morgan fingerprint density at radius 1 is 1.06 bits per heavy atom. The number of fused-ring (bicyclic) bond motifs is 1. The Balaban J connectivity index is 1.69. The number of hydrogen-bond donors (Lipinski definition) is 3. The predicted molar refractivity (Wildman–Crippen MR) is 122 cm³/mol. The fourth-order valence-electron chi connectivity index (χ4n) is 4.92. The maximum atomic E-state index is 13.5. The molecule has 0 saturated carbocycles. The van der Waals surface area contributed by atoms with Crippen molar-refractivity contribution in [2.75, 3.05) is 19.4 Å². The van der Waals surface area contributed by atoms with Crippen LogP contribution in [0, 0.1) is 11.8 Å². The minimum atomic E-state index is -2.13. The summed E-state index contributed by atoms with van der Waals surface area (Å²) in [6.07, 6.45) is -0.846. The standard InChI is InChI=1S/C24H24N2O7S/c1-33-16-10-6-5-9-15(16)20-18-19(24(25-20,23(31)32)13-17(27)28)22(30)26(21(18)29)11-12-34-14-7-3-2-4-8-14/h2-10,18-20,25H,11-13H2,1H3,(H,27,28)(H,31,32). The van der Waals surface area contributed by atoms with Gasteiger partial charge in [0, 0.05) is 28.8 Å². The van der Waals surface area contributed by atoms with Crippen molar-refractivity contribution in [2.45, 2.75) is 22.9 Å². The summed E-state index contributed by atoms with van der Waals surface area (Å²) in [5.74, 6) is -5.64. The van der Waals surface area contributed by atoms with Crippen molar-refractivity contribution in [3.05, 3.63) is 60.2 Å². The third-order valence-corrected chi connectivity index (χ3v) is 7.35. The number of aliphatic carboxylic acids is 2. The minimum absolute atomic E-state index is 0.0889. The number of benzene rings is 2. The Hall–Kier alpha value is -3.37. The molecule has 2 aromatic rings. The van der Waals surface area contributed by atoms with Gasteiger partial charge < -0.3 is 14.9 Å². The van der Waals surface area contributed by atoms with Crippen LogP contribution in [0.15, 0.2) is 59.5 Å². The van der Waals surface area contributed by atoms with Crippen LogP contribution in [0.1, 0.15) is 18.0 Å². The van der Waals surface area contributed by atoms with E-state index in [1.165, 1.54) is 18.9 Å². The molecule has 0 radical (unpaired) electrons. The molecule has 2 aliphatic heterocycles. The predicted octanol–water partition coefficient (Wildman–Crippen LogP) is 2.03. The molecule has 2 aromatic carbocycles. The van der Waals surface area contributed by atoms with Crippen LogP contribution in [0.5, 0.6) is 5.75 Å². The van der Waals surface area contributed by atoms with E-state index in [4.69, 9.17) is 4.74 Å². The lowest BCUT2D eigenvalue weighted by Gasteiger charge is -2.30. The van der Waals surface area contributed by atoms with Crippen molar-refractivity contribution in [1.82, 2.24) is 10.2 Å². The van der Waals surface area contributed by atoms with Gasteiger partial charge in [0.1, 0.15) is 11.3 Å². The van der Waals surface area contributed by atoms with Crippen molar-refractivity contribution in [3.8, 4) is 5.75 Å². The SMILES string of the molecule is COc1ccccc1C1NC(CC(=O)O)(C(=O)O)C2C(=O)N(CCSc3ccccc3)C(=O)C12. The van der Waals surface area contributed by atoms with Gasteiger partial charge in [-0.25, -0.2) is 0 Å². The first-order chi connectivity index (χ1) is 16.3. The average molecular weight is 485 g/mol. The van der Waals surface area contributed by atoms with Gasteiger partial charge in [0.25, 0.3) is 0 Å². The number of carbonyl (C=O) groups is 4. The van der Waals surface area contributed by atoms with Crippen molar-refractivity contribution < 1.29 is 34.1 Å². The van der Waals surface area contributed by atoms with Gasteiger partial charge in [-0.2, -0.15) is 0 Å². The van der Waals surface area contributed by atoms with Crippen LogP contribution >= 0.6 is 11.8 Å². The lowest BCUT2D eigenvalue weighted by molar-refractivity contribution is -0.155. The molecular formula is C24H24N2O7S. The summed E-state index contributed by atoms with van der Waals surface area (Å²) in [6.45, 7) is 0.0889. The third kappa shape index (κ3) is 4.03. The molecule has 34 heavy (non-hydrogen) atoms. The number of carboxylic acids is 2. The molecule has 10 heteroatoms. The number of hydrogen-bond acceptors (Lipinski definition) is 7. The Morgan fingerprint density at radius 3 is 2.38 bits per heavy atom. The van der Waals surface area contributed by atoms with Gasteiger partial charge in [0.05, 0.1) is 25.4 Å². The van der Waals surface area contributed by atoms with Crippen LogP contribution in [0.2, 0.25) is 0 Å². The lowest BCUT2D eigenvalue weighted by atomic mass is 9.77. The second-order valence-electron chi connectivity index (χ2n) is 8.20. The molecule has 9 nitrogen and oxygen atoms in total. The van der Waals surface area contributed by atoms with Crippen LogP contribution in [0.4, 0.5) is 0 Å². The number of imide groups is 1. The second kappa shape index (κ2) is 9.47. The topological polar surface area (TPSA) is 133 Å². The number of carboxylic acid groups (broad SMARTS) is 2. The molecule has 4 rings (SSSR count). The highest BCUT2D eigenvalue weighted by atomic mass is 32.2.